The van der Waals surface area contributed by atoms with Gasteiger partial charge in [-0.25, -0.2) is 9.07 Å². The second kappa shape index (κ2) is 9.43. The van der Waals surface area contributed by atoms with E-state index < -0.39 is 0 Å². The average Bonchev–Trinajstić information content (AvgIpc) is 3.26. The van der Waals surface area contributed by atoms with E-state index in [1.807, 2.05) is 35.9 Å². The molecule has 0 aliphatic carbocycles. The first kappa shape index (κ1) is 21.2. The molecule has 1 aliphatic rings. The third kappa shape index (κ3) is 4.69. The third-order valence-corrected chi connectivity index (χ3v) is 5.63. The maximum atomic E-state index is 13.3. The van der Waals surface area contributed by atoms with Gasteiger partial charge in [0.05, 0.1) is 18.7 Å². The lowest BCUT2D eigenvalue weighted by Gasteiger charge is -2.40. The summed E-state index contributed by atoms with van der Waals surface area (Å²) < 4.78 is 20.8. The molecule has 0 bridgehead atoms. The highest BCUT2D eigenvalue weighted by atomic mass is 19.1. The van der Waals surface area contributed by atoms with Crippen molar-refractivity contribution in [1.29, 1.82) is 0 Å². The van der Waals surface area contributed by atoms with Crippen molar-refractivity contribution in [3.63, 3.8) is 0 Å². The minimum atomic E-state index is -0.210. The fraction of sp³-hybridized carbons (Fsp3) is 0.435. The zero-order valence-corrected chi connectivity index (χ0v) is 18.3. The Kier molecular flexibility index (Phi) is 6.46. The molecule has 164 valence electrons. The molecule has 8 heteroatoms. The van der Waals surface area contributed by atoms with Crippen molar-refractivity contribution >= 4 is 5.69 Å². The molecule has 0 amide bonds. The molecule has 31 heavy (non-hydrogen) atoms. The van der Waals surface area contributed by atoms with E-state index in [9.17, 15) is 4.39 Å². The van der Waals surface area contributed by atoms with Crippen LogP contribution in [0.25, 0.3) is 0 Å². The van der Waals surface area contributed by atoms with Gasteiger partial charge in [-0.1, -0.05) is 12.1 Å². The molecular weight excluding hydrogens is 395 g/mol. The van der Waals surface area contributed by atoms with E-state index in [0.29, 0.717) is 6.61 Å². The molecule has 0 saturated carbocycles. The van der Waals surface area contributed by atoms with Gasteiger partial charge in [0.25, 0.3) is 0 Å². The van der Waals surface area contributed by atoms with Crippen LogP contribution in [0.5, 0.6) is 5.75 Å². The minimum absolute atomic E-state index is 0.0524. The van der Waals surface area contributed by atoms with Crippen LogP contribution in [0.3, 0.4) is 0 Å². The van der Waals surface area contributed by atoms with Gasteiger partial charge in [0.2, 0.25) is 0 Å². The van der Waals surface area contributed by atoms with Crippen LogP contribution in [-0.2, 0) is 0 Å². The van der Waals surface area contributed by atoms with E-state index in [4.69, 9.17) is 4.74 Å². The number of tetrazole rings is 1. The smallest absolute Gasteiger partial charge is 0.173 e. The summed E-state index contributed by atoms with van der Waals surface area (Å²) >= 11 is 0. The molecular formula is C23H29FN6O. The lowest BCUT2D eigenvalue weighted by molar-refractivity contribution is 0.199. The quantitative estimate of drug-likeness (QED) is 0.576. The largest absolute Gasteiger partial charge is 0.494 e. The van der Waals surface area contributed by atoms with E-state index in [2.05, 4.69) is 51.3 Å². The predicted octanol–water partition coefficient (Wildman–Crippen LogP) is 3.70. The predicted molar refractivity (Wildman–Crippen MR) is 118 cm³/mol. The topological polar surface area (TPSA) is 59.3 Å². The standard InChI is InChI=1S/C23H29FN6O/c1-4-31-21-11-5-18(6-12-21)22(23-25-26-27-30(23)17(2)3)29-15-13-28(14-16-29)20-9-7-19(24)8-10-20/h5-12,17,22H,4,13-16H2,1-3H3. The number of halogens is 1. The SMILES string of the molecule is CCOc1ccc(C(c2nnnn2C(C)C)N2CCN(c3ccc(F)cc3)CC2)cc1. The Hall–Kier alpha value is -3.00. The first-order valence-electron chi connectivity index (χ1n) is 10.8. The first-order chi connectivity index (χ1) is 15.1. The number of hydrogen-bond donors (Lipinski definition) is 0. The van der Waals surface area contributed by atoms with Gasteiger partial charge in [-0.3, -0.25) is 4.90 Å². The zero-order valence-electron chi connectivity index (χ0n) is 18.3. The van der Waals surface area contributed by atoms with Crippen LogP contribution in [0.15, 0.2) is 48.5 Å². The van der Waals surface area contributed by atoms with Crippen LogP contribution >= 0.6 is 0 Å². The Bertz CT molecular complexity index is 964. The van der Waals surface area contributed by atoms with Crippen LogP contribution < -0.4 is 9.64 Å². The Labute approximate surface area is 182 Å². The van der Waals surface area contributed by atoms with E-state index in [-0.39, 0.29) is 17.9 Å². The summed E-state index contributed by atoms with van der Waals surface area (Å²) in [7, 11) is 0. The van der Waals surface area contributed by atoms with Crippen molar-refractivity contribution in [1.82, 2.24) is 25.1 Å². The molecule has 2 aromatic carbocycles. The Morgan fingerprint density at radius 3 is 2.26 bits per heavy atom. The molecule has 1 saturated heterocycles. The average molecular weight is 425 g/mol. The zero-order chi connectivity index (χ0) is 21.8. The molecule has 1 unspecified atom stereocenters. The molecule has 1 fully saturated rings. The fourth-order valence-electron chi connectivity index (χ4n) is 4.07. The van der Waals surface area contributed by atoms with Crippen LogP contribution in [0.2, 0.25) is 0 Å². The molecule has 0 radical (unpaired) electrons. The van der Waals surface area contributed by atoms with Gasteiger partial charge < -0.3 is 9.64 Å². The summed E-state index contributed by atoms with van der Waals surface area (Å²) in [5.41, 5.74) is 2.18. The number of hydrogen-bond acceptors (Lipinski definition) is 6. The highest BCUT2D eigenvalue weighted by Gasteiger charge is 2.31. The van der Waals surface area contributed by atoms with E-state index in [1.165, 1.54) is 12.1 Å². The van der Waals surface area contributed by atoms with Gasteiger partial charge in [-0.2, -0.15) is 0 Å². The number of benzene rings is 2. The normalized spacial score (nSPS) is 16.0. The molecule has 0 spiro atoms. The number of aromatic nitrogens is 4. The lowest BCUT2D eigenvalue weighted by Crippen LogP contribution is -2.48. The van der Waals surface area contributed by atoms with Gasteiger partial charge in [0.15, 0.2) is 5.82 Å². The van der Waals surface area contributed by atoms with Crippen molar-refractivity contribution in [2.75, 3.05) is 37.7 Å². The molecule has 7 nitrogen and oxygen atoms in total. The monoisotopic (exact) mass is 424 g/mol. The van der Waals surface area contributed by atoms with Crippen molar-refractivity contribution in [2.24, 2.45) is 0 Å². The van der Waals surface area contributed by atoms with Crippen LogP contribution in [-0.4, -0.2) is 57.9 Å². The molecule has 1 aliphatic heterocycles. The van der Waals surface area contributed by atoms with Crippen LogP contribution in [0.1, 0.15) is 44.2 Å². The molecule has 4 rings (SSSR count). The minimum Gasteiger partial charge on any atom is -0.494 e. The van der Waals surface area contributed by atoms with E-state index in [1.54, 1.807) is 0 Å². The maximum absolute atomic E-state index is 13.3. The van der Waals surface area contributed by atoms with Gasteiger partial charge in [-0.05, 0) is 73.2 Å². The van der Waals surface area contributed by atoms with Crippen molar-refractivity contribution in [3.8, 4) is 5.75 Å². The van der Waals surface area contributed by atoms with Gasteiger partial charge >= 0.3 is 0 Å². The molecule has 2 heterocycles. The third-order valence-electron chi connectivity index (χ3n) is 5.63. The summed E-state index contributed by atoms with van der Waals surface area (Å²) in [5, 5.41) is 12.6. The molecule has 1 atom stereocenters. The number of rotatable bonds is 7. The summed E-state index contributed by atoms with van der Waals surface area (Å²) in [6.45, 7) is 10.2. The lowest BCUT2D eigenvalue weighted by atomic mass is 10.0. The number of nitrogens with zero attached hydrogens (tertiary/aromatic N) is 6. The van der Waals surface area contributed by atoms with Crippen molar-refractivity contribution < 1.29 is 9.13 Å². The highest BCUT2D eigenvalue weighted by Crippen LogP contribution is 2.31. The van der Waals surface area contributed by atoms with Gasteiger partial charge in [0.1, 0.15) is 11.6 Å². The number of anilines is 1. The number of piperazine rings is 1. The van der Waals surface area contributed by atoms with Crippen LogP contribution in [0.4, 0.5) is 10.1 Å². The van der Waals surface area contributed by atoms with Gasteiger partial charge in [-0.15, -0.1) is 5.10 Å². The maximum Gasteiger partial charge on any atom is 0.173 e. The summed E-state index contributed by atoms with van der Waals surface area (Å²) in [6, 6.07) is 15.0. The Balaban J connectivity index is 1.59. The first-order valence-corrected chi connectivity index (χ1v) is 10.8. The highest BCUT2D eigenvalue weighted by molar-refractivity contribution is 5.46. The van der Waals surface area contributed by atoms with E-state index >= 15 is 0 Å². The second-order valence-electron chi connectivity index (χ2n) is 7.98. The Morgan fingerprint density at radius 1 is 0.968 bits per heavy atom. The number of ether oxygens (including phenoxy) is 1. The van der Waals surface area contributed by atoms with Gasteiger partial charge in [0, 0.05) is 31.9 Å². The van der Waals surface area contributed by atoms with E-state index in [0.717, 1.165) is 49.0 Å². The summed E-state index contributed by atoms with van der Waals surface area (Å²) in [5.74, 6) is 1.49. The van der Waals surface area contributed by atoms with Crippen LogP contribution in [0, 0.1) is 5.82 Å². The van der Waals surface area contributed by atoms with Crippen molar-refractivity contribution in [2.45, 2.75) is 32.9 Å². The van der Waals surface area contributed by atoms with Crippen molar-refractivity contribution in [3.05, 3.63) is 65.7 Å². The Morgan fingerprint density at radius 2 is 1.65 bits per heavy atom. The molecule has 0 N–H and O–H groups in total. The second-order valence-corrected chi connectivity index (χ2v) is 7.98. The fourth-order valence-corrected chi connectivity index (χ4v) is 4.07. The molecule has 3 aromatic rings. The molecule has 1 aromatic heterocycles. The summed E-state index contributed by atoms with van der Waals surface area (Å²) in [4.78, 5) is 4.71. The summed E-state index contributed by atoms with van der Waals surface area (Å²) in [6.07, 6.45) is 0.